The van der Waals surface area contributed by atoms with Crippen LogP contribution < -0.4 is 9.46 Å². The predicted octanol–water partition coefficient (Wildman–Crippen LogP) is 3.04. The van der Waals surface area contributed by atoms with Crippen LogP contribution in [0, 0.1) is 5.41 Å². The Labute approximate surface area is 202 Å². The number of hydrogen-bond acceptors (Lipinski definition) is 9. The average molecular weight is 506 g/mol. The van der Waals surface area contributed by atoms with Crippen molar-refractivity contribution in [3.05, 3.63) is 41.4 Å². The number of nitrogens with zero attached hydrogens (tertiary/aromatic N) is 6. The van der Waals surface area contributed by atoms with Crippen molar-refractivity contribution < 1.29 is 17.9 Å². The summed E-state index contributed by atoms with van der Waals surface area (Å²) in [5.74, 6) is 1.28. The first-order chi connectivity index (χ1) is 16.3. The van der Waals surface area contributed by atoms with Gasteiger partial charge in [-0.2, -0.15) is 0 Å². The maximum atomic E-state index is 13.4. The minimum Gasteiger partial charge on any atom is -0.481 e. The van der Waals surface area contributed by atoms with Crippen LogP contribution in [0.25, 0.3) is 11.5 Å². The van der Waals surface area contributed by atoms with E-state index in [4.69, 9.17) is 21.1 Å². The molecular formula is C21H24ClN7O4S. The Bertz CT molecular complexity index is 1310. The molecule has 180 valence electrons. The monoisotopic (exact) mass is 505 g/mol. The third-order valence-corrected chi connectivity index (χ3v) is 8.39. The van der Waals surface area contributed by atoms with E-state index in [9.17, 15) is 8.42 Å². The molecule has 2 aliphatic carbocycles. The highest BCUT2D eigenvalue weighted by molar-refractivity contribution is 7.93. The lowest BCUT2D eigenvalue weighted by Crippen LogP contribution is -2.33. The summed E-state index contributed by atoms with van der Waals surface area (Å²) >= 11 is 5.86. The van der Waals surface area contributed by atoms with E-state index >= 15 is 0 Å². The highest BCUT2D eigenvalue weighted by Gasteiger charge is 2.65. The van der Waals surface area contributed by atoms with Crippen molar-refractivity contribution in [3.8, 4) is 17.4 Å². The molecule has 0 bridgehead atoms. The lowest BCUT2D eigenvalue weighted by molar-refractivity contribution is 0.0950. The van der Waals surface area contributed by atoms with Gasteiger partial charge in [0.05, 0.1) is 12.1 Å². The van der Waals surface area contributed by atoms with Crippen LogP contribution in [-0.2, 0) is 14.8 Å². The van der Waals surface area contributed by atoms with E-state index in [1.807, 2.05) is 4.57 Å². The van der Waals surface area contributed by atoms with E-state index in [2.05, 4.69) is 29.9 Å². The average Bonchev–Trinajstić information content (AvgIpc) is 3.73. The number of pyridine rings is 1. The maximum Gasteiger partial charge on any atom is 0.240 e. The molecule has 0 radical (unpaired) electrons. The van der Waals surface area contributed by atoms with Gasteiger partial charge < -0.3 is 9.47 Å². The Kier molecular flexibility index (Phi) is 5.69. The van der Waals surface area contributed by atoms with Crippen LogP contribution in [0.5, 0.6) is 5.88 Å². The second-order valence-corrected chi connectivity index (χ2v) is 11.1. The first-order valence-corrected chi connectivity index (χ1v) is 12.7. The molecule has 2 unspecified atom stereocenters. The maximum absolute atomic E-state index is 13.4. The molecule has 3 heterocycles. The molecule has 1 N–H and O–H groups in total. The fourth-order valence-electron chi connectivity index (χ4n) is 4.23. The number of aromatic nitrogens is 6. The summed E-state index contributed by atoms with van der Waals surface area (Å²) in [6, 6.07) is 5.45. The van der Waals surface area contributed by atoms with Crippen molar-refractivity contribution in [3.63, 3.8) is 0 Å². The van der Waals surface area contributed by atoms with Gasteiger partial charge >= 0.3 is 0 Å². The molecule has 3 atom stereocenters. The van der Waals surface area contributed by atoms with Gasteiger partial charge in [0.2, 0.25) is 21.9 Å². The van der Waals surface area contributed by atoms with E-state index < -0.39 is 21.4 Å². The largest absolute Gasteiger partial charge is 0.481 e. The lowest BCUT2D eigenvalue weighted by Gasteiger charge is -2.22. The smallest absolute Gasteiger partial charge is 0.240 e. The van der Waals surface area contributed by atoms with Gasteiger partial charge in [-0.05, 0) is 37.7 Å². The second-order valence-electron chi connectivity index (χ2n) is 8.63. The third-order valence-electron chi connectivity index (χ3n) is 6.51. The van der Waals surface area contributed by atoms with Gasteiger partial charge in [0.1, 0.15) is 17.0 Å². The van der Waals surface area contributed by atoms with Crippen molar-refractivity contribution in [2.24, 2.45) is 5.41 Å². The molecule has 0 amide bonds. The zero-order chi connectivity index (χ0) is 24.1. The molecule has 13 heteroatoms. The molecule has 2 saturated carbocycles. The third kappa shape index (κ3) is 4.10. The van der Waals surface area contributed by atoms with E-state index in [0.29, 0.717) is 22.4 Å². The van der Waals surface area contributed by atoms with Crippen LogP contribution in [0.15, 0.2) is 30.6 Å². The molecule has 3 aromatic heterocycles. The molecule has 2 fully saturated rings. The normalized spacial score (nSPS) is 20.1. The summed E-state index contributed by atoms with van der Waals surface area (Å²) in [5, 5.41) is 7.80. The SMILES string of the molecule is COc1cccc(-c2nnc(NS(=O)(=O)C(C)C(OC)c3ncc(Cl)cn3)n2[C@@H]2CC23CC3)n1. The number of rotatable bonds is 9. The fourth-order valence-corrected chi connectivity index (χ4v) is 5.47. The van der Waals surface area contributed by atoms with Crippen LogP contribution in [0.2, 0.25) is 5.02 Å². The van der Waals surface area contributed by atoms with Crippen molar-refractivity contribution in [2.45, 2.75) is 43.6 Å². The second kappa shape index (κ2) is 8.43. The number of nitrogens with one attached hydrogen (secondary N) is 1. The highest BCUT2D eigenvalue weighted by Crippen LogP contribution is 2.73. The summed E-state index contributed by atoms with van der Waals surface area (Å²) in [5.41, 5.74) is 0.756. The van der Waals surface area contributed by atoms with Gasteiger partial charge in [-0.15, -0.1) is 10.2 Å². The van der Waals surface area contributed by atoms with Gasteiger partial charge in [-0.1, -0.05) is 17.7 Å². The van der Waals surface area contributed by atoms with E-state index in [1.54, 1.807) is 18.2 Å². The van der Waals surface area contributed by atoms with Crippen LogP contribution in [0.4, 0.5) is 5.95 Å². The number of sulfonamides is 1. The van der Waals surface area contributed by atoms with Gasteiger partial charge in [0.15, 0.2) is 11.6 Å². The van der Waals surface area contributed by atoms with Crippen molar-refractivity contribution >= 4 is 27.6 Å². The zero-order valence-electron chi connectivity index (χ0n) is 18.8. The topological polar surface area (TPSA) is 134 Å². The van der Waals surface area contributed by atoms with Crippen LogP contribution >= 0.6 is 11.6 Å². The molecule has 3 aromatic rings. The Balaban J connectivity index is 1.47. The first kappa shape index (κ1) is 22.9. The van der Waals surface area contributed by atoms with Gasteiger partial charge in [0, 0.05) is 31.6 Å². The van der Waals surface area contributed by atoms with Crippen LogP contribution in [0.1, 0.15) is 44.2 Å². The van der Waals surface area contributed by atoms with E-state index in [-0.39, 0.29) is 23.2 Å². The Morgan fingerprint density at radius 3 is 2.56 bits per heavy atom. The van der Waals surface area contributed by atoms with E-state index in [1.165, 1.54) is 33.5 Å². The number of anilines is 1. The Hall–Kier alpha value is -2.83. The van der Waals surface area contributed by atoms with Crippen LogP contribution in [0.3, 0.4) is 0 Å². The summed E-state index contributed by atoms with van der Waals surface area (Å²) < 4.78 is 41.9. The molecule has 11 nitrogen and oxygen atoms in total. The summed E-state index contributed by atoms with van der Waals surface area (Å²) in [7, 11) is -1.02. The molecule has 5 rings (SSSR count). The minimum absolute atomic E-state index is 0.108. The van der Waals surface area contributed by atoms with Crippen molar-refractivity contribution in [1.82, 2.24) is 29.7 Å². The Morgan fingerprint density at radius 2 is 1.94 bits per heavy atom. The molecule has 0 aliphatic heterocycles. The standard InChI is InChI=1S/C21H24ClN7O4S/c1-12(17(33-3)18-23-10-13(22)11-24-18)34(30,31)28-20-27-26-19(14-5-4-6-16(25-14)32-2)29(20)15-9-21(15)7-8-21/h4-6,10-12,15,17H,7-9H2,1-3H3,(H,27,28)/t12?,15-,17?/m1/s1. The molecule has 1 spiro atoms. The van der Waals surface area contributed by atoms with Crippen molar-refractivity contribution in [2.75, 3.05) is 18.9 Å². The number of ether oxygens (including phenoxy) is 2. The minimum atomic E-state index is -3.97. The highest BCUT2D eigenvalue weighted by atomic mass is 35.5. The number of halogens is 1. The Morgan fingerprint density at radius 1 is 1.21 bits per heavy atom. The van der Waals surface area contributed by atoms with Gasteiger partial charge in [-0.3, -0.25) is 9.29 Å². The first-order valence-electron chi connectivity index (χ1n) is 10.8. The summed E-state index contributed by atoms with van der Waals surface area (Å²) in [4.78, 5) is 12.7. The zero-order valence-corrected chi connectivity index (χ0v) is 20.4. The fraction of sp³-hybridized carbons (Fsp3) is 0.476. The summed E-state index contributed by atoms with van der Waals surface area (Å²) in [6.45, 7) is 1.53. The van der Waals surface area contributed by atoms with Gasteiger partial charge in [-0.25, -0.2) is 23.4 Å². The van der Waals surface area contributed by atoms with Gasteiger partial charge in [0.25, 0.3) is 0 Å². The summed E-state index contributed by atoms with van der Waals surface area (Å²) in [6.07, 6.45) is 5.03. The number of hydrogen-bond donors (Lipinski definition) is 1. The molecule has 0 aromatic carbocycles. The van der Waals surface area contributed by atoms with E-state index in [0.717, 1.165) is 19.3 Å². The quantitative estimate of drug-likeness (QED) is 0.465. The molecule has 2 aliphatic rings. The van der Waals surface area contributed by atoms with Crippen molar-refractivity contribution in [1.29, 1.82) is 0 Å². The number of methoxy groups -OCH3 is 2. The van der Waals surface area contributed by atoms with Crippen LogP contribution in [-0.4, -0.2) is 57.6 Å². The predicted molar refractivity (Wildman–Crippen MR) is 124 cm³/mol. The molecular weight excluding hydrogens is 482 g/mol. The lowest BCUT2D eigenvalue weighted by atomic mass is 10.2. The molecule has 0 saturated heterocycles. The molecule has 34 heavy (non-hydrogen) atoms.